The number of aromatic nitrogens is 2. The summed E-state index contributed by atoms with van der Waals surface area (Å²) < 4.78 is 5.41. The van der Waals surface area contributed by atoms with Gasteiger partial charge >= 0.3 is 0 Å². The molecule has 0 saturated heterocycles. The number of hydrogen-bond acceptors (Lipinski definition) is 4. The van der Waals surface area contributed by atoms with Crippen LogP contribution in [-0.2, 0) is 0 Å². The molecule has 2 aromatic carbocycles. The zero-order valence-corrected chi connectivity index (χ0v) is 18.3. The molecule has 0 fully saturated rings. The van der Waals surface area contributed by atoms with Crippen LogP contribution in [0.4, 0.5) is 0 Å². The lowest BCUT2D eigenvalue weighted by Crippen LogP contribution is -2.50. The number of H-pyrrole nitrogens is 1. The summed E-state index contributed by atoms with van der Waals surface area (Å²) >= 11 is 0. The Labute approximate surface area is 182 Å². The van der Waals surface area contributed by atoms with Crippen LogP contribution < -0.4 is 16.0 Å². The van der Waals surface area contributed by atoms with Crippen LogP contribution in [0.15, 0.2) is 53.3 Å². The number of hydrogen-bond donors (Lipinski definition) is 2. The summed E-state index contributed by atoms with van der Waals surface area (Å²) in [6, 6.07) is 14.0. The third kappa shape index (κ3) is 5.30. The van der Waals surface area contributed by atoms with E-state index < -0.39 is 6.04 Å². The summed E-state index contributed by atoms with van der Waals surface area (Å²) in [5.74, 6) is 0.865. The van der Waals surface area contributed by atoms with Crippen molar-refractivity contribution in [2.24, 2.45) is 0 Å². The zero-order valence-electron chi connectivity index (χ0n) is 18.3. The van der Waals surface area contributed by atoms with Crippen molar-refractivity contribution in [3.8, 4) is 5.75 Å². The van der Waals surface area contributed by atoms with Gasteiger partial charge in [0, 0.05) is 6.54 Å². The first-order chi connectivity index (χ1) is 15.1. The van der Waals surface area contributed by atoms with E-state index in [9.17, 15) is 9.59 Å². The first kappa shape index (κ1) is 22.5. The standard InChI is InChI=1S/C24H30N4O3/c1-17(22-26-20-13-7-5-11-18(20)23(29)27-22)28(16-10-4-3-9-15-25)24(30)19-12-6-8-14-21(19)31-2/h5-8,11-14,17H,3-4,9-10,15-16,25H2,1-2H3,(H,26,27,29)/p+1/t17-/m1/s1. The Hall–Kier alpha value is -3.19. The highest BCUT2D eigenvalue weighted by atomic mass is 16.5. The summed E-state index contributed by atoms with van der Waals surface area (Å²) in [5.41, 5.74) is 4.80. The van der Waals surface area contributed by atoms with E-state index in [-0.39, 0.29) is 11.5 Å². The van der Waals surface area contributed by atoms with E-state index in [2.05, 4.69) is 15.7 Å². The van der Waals surface area contributed by atoms with Gasteiger partial charge in [-0.1, -0.05) is 30.7 Å². The number of benzene rings is 2. The van der Waals surface area contributed by atoms with Gasteiger partial charge in [-0.25, -0.2) is 4.98 Å². The predicted molar refractivity (Wildman–Crippen MR) is 121 cm³/mol. The van der Waals surface area contributed by atoms with E-state index in [1.807, 2.05) is 37.3 Å². The summed E-state index contributed by atoms with van der Waals surface area (Å²) in [6.45, 7) is 3.38. The van der Waals surface area contributed by atoms with Crippen LogP contribution in [0.5, 0.6) is 5.75 Å². The Balaban J connectivity index is 1.93. The van der Waals surface area contributed by atoms with Crippen molar-refractivity contribution in [3.05, 3.63) is 70.3 Å². The highest BCUT2D eigenvalue weighted by Crippen LogP contribution is 2.25. The van der Waals surface area contributed by atoms with Crippen molar-refractivity contribution in [2.75, 3.05) is 20.2 Å². The minimum Gasteiger partial charge on any atom is -0.496 e. The Bertz CT molecular complexity index is 1080. The molecule has 1 aromatic heterocycles. The van der Waals surface area contributed by atoms with E-state index in [0.717, 1.165) is 32.2 Å². The number of ether oxygens (including phenoxy) is 1. The molecule has 4 N–H and O–H groups in total. The smallest absolute Gasteiger partial charge is 0.258 e. The number of aromatic amines is 1. The van der Waals surface area contributed by atoms with Crippen LogP contribution in [0.2, 0.25) is 0 Å². The summed E-state index contributed by atoms with van der Waals surface area (Å²) in [4.78, 5) is 35.4. The third-order valence-corrected chi connectivity index (χ3v) is 5.49. The maximum absolute atomic E-state index is 13.5. The number of carbonyl (C=O) groups excluding carboxylic acids is 1. The maximum atomic E-state index is 13.5. The van der Waals surface area contributed by atoms with Gasteiger partial charge in [-0.05, 0) is 50.5 Å². The average molecular weight is 424 g/mol. The average Bonchev–Trinajstić information content (AvgIpc) is 2.80. The molecule has 1 heterocycles. The summed E-state index contributed by atoms with van der Waals surface area (Å²) in [5, 5.41) is 0.536. The second-order valence-electron chi connectivity index (χ2n) is 7.61. The van der Waals surface area contributed by atoms with Gasteiger partial charge in [-0.2, -0.15) is 0 Å². The Morgan fingerprint density at radius 2 is 1.81 bits per heavy atom. The van der Waals surface area contributed by atoms with Gasteiger partial charge in [0.25, 0.3) is 11.5 Å². The van der Waals surface area contributed by atoms with Gasteiger partial charge in [0.2, 0.25) is 0 Å². The number of quaternary nitrogens is 1. The molecule has 1 atom stereocenters. The molecule has 0 aliphatic rings. The van der Waals surface area contributed by atoms with Crippen LogP contribution in [0.25, 0.3) is 10.9 Å². The van der Waals surface area contributed by atoms with E-state index >= 15 is 0 Å². The van der Waals surface area contributed by atoms with Crippen LogP contribution in [0.3, 0.4) is 0 Å². The number of unbranched alkanes of at least 4 members (excludes halogenated alkanes) is 3. The number of amides is 1. The fourth-order valence-electron chi connectivity index (χ4n) is 3.71. The lowest BCUT2D eigenvalue weighted by atomic mass is 10.1. The van der Waals surface area contributed by atoms with Crippen molar-refractivity contribution >= 4 is 16.8 Å². The van der Waals surface area contributed by atoms with Crippen LogP contribution in [0.1, 0.15) is 54.8 Å². The maximum Gasteiger partial charge on any atom is 0.258 e. The molecular formula is C24H31N4O3+. The minimum atomic E-state index is -0.400. The highest BCUT2D eigenvalue weighted by Gasteiger charge is 2.26. The fraction of sp³-hybridized carbons (Fsp3) is 0.375. The number of rotatable bonds is 10. The molecule has 0 spiro atoms. The van der Waals surface area contributed by atoms with Crippen molar-refractivity contribution in [3.63, 3.8) is 0 Å². The summed E-state index contributed by atoms with van der Waals surface area (Å²) in [7, 11) is 1.56. The molecule has 7 heteroatoms. The van der Waals surface area contributed by atoms with Gasteiger partial charge in [0.15, 0.2) is 0 Å². The zero-order chi connectivity index (χ0) is 22.2. The SMILES string of the molecule is COc1ccccc1C(=O)N(CCCCCC[NH3+])[C@H](C)c1nc2ccccc2c(=O)[nH]1. The van der Waals surface area contributed by atoms with Crippen LogP contribution in [0, 0.1) is 0 Å². The molecule has 7 nitrogen and oxygen atoms in total. The van der Waals surface area contributed by atoms with E-state index in [0.29, 0.717) is 34.6 Å². The second-order valence-corrected chi connectivity index (χ2v) is 7.61. The molecular weight excluding hydrogens is 392 g/mol. The summed E-state index contributed by atoms with van der Waals surface area (Å²) in [6.07, 6.45) is 4.04. The van der Waals surface area contributed by atoms with Gasteiger partial charge in [-0.15, -0.1) is 0 Å². The van der Waals surface area contributed by atoms with E-state index in [1.54, 1.807) is 30.2 Å². The van der Waals surface area contributed by atoms with Gasteiger partial charge in [0.05, 0.1) is 36.2 Å². The molecule has 0 aliphatic heterocycles. The molecule has 0 saturated carbocycles. The number of fused-ring (bicyclic) bond motifs is 1. The molecule has 164 valence electrons. The largest absolute Gasteiger partial charge is 0.496 e. The number of carbonyl (C=O) groups is 1. The normalized spacial score (nSPS) is 12.0. The first-order valence-electron chi connectivity index (χ1n) is 10.8. The monoisotopic (exact) mass is 423 g/mol. The molecule has 0 unspecified atom stereocenters. The number of para-hydroxylation sites is 2. The molecule has 31 heavy (non-hydrogen) atoms. The quantitative estimate of drug-likeness (QED) is 0.489. The lowest BCUT2D eigenvalue weighted by Gasteiger charge is -2.29. The first-order valence-corrected chi connectivity index (χ1v) is 10.8. The van der Waals surface area contributed by atoms with Gasteiger partial charge < -0.3 is 20.4 Å². The van der Waals surface area contributed by atoms with Crippen molar-refractivity contribution < 1.29 is 15.3 Å². The van der Waals surface area contributed by atoms with E-state index in [4.69, 9.17) is 4.74 Å². The Morgan fingerprint density at radius 3 is 2.58 bits per heavy atom. The van der Waals surface area contributed by atoms with Crippen molar-refractivity contribution in [1.82, 2.24) is 14.9 Å². The predicted octanol–water partition coefficient (Wildman–Crippen LogP) is 2.94. The fourth-order valence-corrected chi connectivity index (χ4v) is 3.71. The second kappa shape index (κ2) is 10.7. The minimum absolute atomic E-state index is 0.141. The Morgan fingerprint density at radius 1 is 1.10 bits per heavy atom. The third-order valence-electron chi connectivity index (χ3n) is 5.49. The topological polar surface area (TPSA) is 103 Å². The molecule has 3 rings (SSSR count). The van der Waals surface area contributed by atoms with Crippen LogP contribution >= 0.6 is 0 Å². The van der Waals surface area contributed by atoms with Crippen molar-refractivity contribution in [1.29, 1.82) is 0 Å². The van der Waals surface area contributed by atoms with Gasteiger partial charge in [0.1, 0.15) is 11.6 Å². The van der Waals surface area contributed by atoms with E-state index in [1.165, 1.54) is 0 Å². The molecule has 0 radical (unpaired) electrons. The number of methoxy groups -OCH3 is 1. The molecule has 1 amide bonds. The molecule has 0 bridgehead atoms. The number of nitrogens with one attached hydrogen (secondary N) is 1. The van der Waals surface area contributed by atoms with Gasteiger partial charge in [-0.3, -0.25) is 9.59 Å². The number of nitrogens with zero attached hydrogens (tertiary/aromatic N) is 2. The Kier molecular flexibility index (Phi) is 7.78. The lowest BCUT2D eigenvalue weighted by molar-refractivity contribution is -0.368. The highest BCUT2D eigenvalue weighted by molar-refractivity contribution is 5.97. The molecule has 3 aromatic rings. The molecule has 0 aliphatic carbocycles. The van der Waals surface area contributed by atoms with Crippen LogP contribution in [-0.4, -0.2) is 41.0 Å². The van der Waals surface area contributed by atoms with Crippen molar-refractivity contribution in [2.45, 2.75) is 38.6 Å².